The lowest BCUT2D eigenvalue weighted by atomic mass is 9.92. The Morgan fingerprint density at radius 2 is 2.04 bits per heavy atom. The van der Waals surface area contributed by atoms with E-state index in [1.165, 1.54) is 0 Å². The first kappa shape index (κ1) is 16.5. The molecule has 1 amide bonds. The van der Waals surface area contributed by atoms with Crippen molar-refractivity contribution in [3.05, 3.63) is 18.2 Å². The number of imidazole rings is 1. The topological polar surface area (TPSA) is 61.6 Å². The Morgan fingerprint density at radius 3 is 2.70 bits per heavy atom. The van der Waals surface area contributed by atoms with Gasteiger partial charge in [-0.3, -0.25) is 9.69 Å². The second kappa shape index (κ2) is 7.45. The maximum absolute atomic E-state index is 12.8. The molecular weight excluding hydrogens is 292 g/mol. The summed E-state index contributed by atoms with van der Waals surface area (Å²) in [6.45, 7) is 3.66. The quantitative estimate of drug-likeness (QED) is 0.899. The molecule has 0 aliphatic carbocycles. The minimum Gasteiger partial charge on any atom is -0.394 e. The van der Waals surface area contributed by atoms with E-state index in [-0.39, 0.29) is 24.5 Å². The molecular formula is C17H28N4O2. The molecule has 1 aromatic rings. The fourth-order valence-electron chi connectivity index (χ4n) is 3.80. The number of hydrogen-bond acceptors (Lipinski definition) is 4. The monoisotopic (exact) mass is 320 g/mol. The SMILES string of the molecule is Cn1ccnc1CN1CCC(C(=O)N2CCCCC2CO)CC1. The minimum atomic E-state index is 0.0434. The Kier molecular flexibility index (Phi) is 5.33. The molecule has 0 radical (unpaired) electrons. The van der Waals surface area contributed by atoms with Crippen LogP contribution >= 0.6 is 0 Å². The van der Waals surface area contributed by atoms with Crippen LogP contribution in [0.4, 0.5) is 0 Å². The van der Waals surface area contributed by atoms with E-state index in [1.54, 1.807) is 0 Å². The Bertz CT molecular complexity index is 522. The highest BCUT2D eigenvalue weighted by Gasteiger charge is 2.33. The smallest absolute Gasteiger partial charge is 0.226 e. The lowest BCUT2D eigenvalue weighted by Crippen LogP contribution is -2.50. The third-order valence-corrected chi connectivity index (χ3v) is 5.34. The van der Waals surface area contributed by atoms with Crippen LogP contribution in [-0.2, 0) is 18.4 Å². The maximum Gasteiger partial charge on any atom is 0.226 e. The Labute approximate surface area is 138 Å². The predicted octanol–water partition coefficient (Wildman–Crippen LogP) is 1.01. The van der Waals surface area contributed by atoms with E-state index >= 15 is 0 Å². The second-order valence-electron chi connectivity index (χ2n) is 6.87. The van der Waals surface area contributed by atoms with Gasteiger partial charge >= 0.3 is 0 Å². The molecule has 1 atom stereocenters. The van der Waals surface area contributed by atoms with Gasteiger partial charge in [0.2, 0.25) is 5.91 Å². The van der Waals surface area contributed by atoms with Crippen LogP contribution < -0.4 is 0 Å². The summed E-state index contributed by atoms with van der Waals surface area (Å²) in [6.07, 6.45) is 8.77. The number of rotatable bonds is 4. The number of nitrogens with zero attached hydrogens (tertiary/aromatic N) is 4. The zero-order chi connectivity index (χ0) is 16.2. The standard InChI is InChI=1S/C17H28N4O2/c1-19-11-7-18-16(19)12-20-9-5-14(6-10-20)17(23)21-8-3-2-4-15(21)13-22/h7,11,14-15,22H,2-6,8-10,12-13H2,1H3. The lowest BCUT2D eigenvalue weighted by molar-refractivity contribution is -0.142. The first-order chi connectivity index (χ1) is 11.2. The maximum atomic E-state index is 12.8. The molecule has 2 aliphatic heterocycles. The van der Waals surface area contributed by atoms with Crippen LogP contribution in [-0.4, -0.2) is 62.6 Å². The Hall–Kier alpha value is -1.40. The van der Waals surface area contributed by atoms with Gasteiger partial charge in [0.25, 0.3) is 0 Å². The fraction of sp³-hybridized carbons (Fsp3) is 0.765. The molecule has 1 unspecified atom stereocenters. The third-order valence-electron chi connectivity index (χ3n) is 5.34. The number of hydrogen-bond donors (Lipinski definition) is 1. The van der Waals surface area contributed by atoms with Crippen LogP contribution in [0.25, 0.3) is 0 Å². The van der Waals surface area contributed by atoms with E-state index < -0.39 is 0 Å². The average molecular weight is 320 g/mol. The van der Waals surface area contributed by atoms with Crippen LogP contribution in [0, 0.1) is 5.92 Å². The summed E-state index contributed by atoms with van der Waals surface area (Å²) in [5, 5.41) is 9.51. The molecule has 23 heavy (non-hydrogen) atoms. The molecule has 2 fully saturated rings. The number of aliphatic hydroxyl groups is 1. The van der Waals surface area contributed by atoms with Crippen molar-refractivity contribution in [2.45, 2.75) is 44.7 Å². The van der Waals surface area contributed by atoms with Gasteiger partial charge in [0.15, 0.2) is 0 Å². The van der Waals surface area contributed by atoms with Crippen molar-refractivity contribution in [3.8, 4) is 0 Å². The van der Waals surface area contributed by atoms with Crippen molar-refractivity contribution in [1.82, 2.24) is 19.4 Å². The van der Waals surface area contributed by atoms with Crippen molar-refractivity contribution < 1.29 is 9.90 Å². The molecule has 2 saturated heterocycles. The van der Waals surface area contributed by atoms with Gasteiger partial charge in [-0.1, -0.05) is 0 Å². The van der Waals surface area contributed by atoms with E-state index in [1.807, 2.05) is 24.3 Å². The number of aromatic nitrogens is 2. The first-order valence-electron chi connectivity index (χ1n) is 8.79. The predicted molar refractivity (Wildman–Crippen MR) is 87.6 cm³/mol. The molecule has 6 heteroatoms. The molecule has 0 saturated carbocycles. The summed E-state index contributed by atoms with van der Waals surface area (Å²) < 4.78 is 2.05. The number of amides is 1. The molecule has 2 aliphatic rings. The molecule has 0 aromatic carbocycles. The second-order valence-corrected chi connectivity index (χ2v) is 6.87. The van der Waals surface area contributed by atoms with Gasteiger partial charge in [0.1, 0.15) is 5.82 Å². The molecule has 6 nitrogen and oxygen atoms in total. The molecule has 0 spiro atoms. The van der Waals surface area contributed by atoms with E-state index in [0.717, 1.165) is 64.1 Å². The number of aliphatic hydroxyl groups excluding tert-OH is 1. The highest BCUT2D eigenvalue weighted by molar-refractivity contribution is 5.79. The van der Waals surface area contributed by atoms with Gasteiger partial charge in [0.05, 0.1) is 19.2 Å². The van der Waals surface area contributed by atoms with Gasteiger partial charge < -0.3 is 14.6 Å². The number of carbonyl (C=O) groups excluding carboxylic acids is 1. The van der Waals surface area contributed by atoms with Crippen molar-refractivity contribution in [3.63, 3.8) is 0 Å². The molecule has 128 valence electrons. The summed E-state index contributed by atoms with van der Waals surface area (Å²) in [7, 11) is 2.02. The van der Waals surface area contributed by atoms with Crippen LogP contribution in [0.1, 0.15) is 37.9 Å². The van der Waals surface area contributed by atoms with Gasteiger partial charge in [-0.15, -0.1) is 0 Å². The average Bonchev–Trinajstić information content (AvgIpc) is 3.00. The molecule has 0 bridgehead atoms. The van der Waals surface area contributed by atoms with Crippen LogP contribution in [0.5, 0.6) is 0 Å². The minimum absolute atomic E-state index is 0.0434. The largest absolute Gasteiger partial charge is 0.394 e. The van der Waals surface area contributed by atoms with Gasteiger partial charge in [-0.05, 0) is 45.2 Å². The van der Waals surface area contributed by atoms with E-state index in [0.29, 0.717) is 0 Å². The highest BCUT2D eigenvalue weighted by atomic mass is 16.3. The zero-order valence-corrected chi connectivity index (χ0v) is 14.0. The van der Waals surface area contributed by atoms with Crippen molar-refractivity contribution in [1.29, 1.82) is 0 Å². The van der Waals surface area contributed by atoms with Gasteiger partial charge in [-0.25, -0.2) is 4.98 Å². The number of piperidine rings is 2. The normalized spacial score (nSPS) is 24.1. The molecule has 3 heterocycles. The van der Waals surface area contributed by atoms with E-state index in [9.17, 15) is 9.90 Å². The third kappa shape index (κ3) is 3.75. The lowest BCUT2D eigenvalue weighted by Gasteiger charge is -2.39. The summed E-state index contributed by atoms with van der Waals surface area (Å²) in [6, 6.07) is 0.0434. The van der Waals surface area contributed by atoms with Crippen molar-refractivity contribution in [2.75, 3.05) is 26.2 Å². The van der Waals surface area contributed by atoms with Gasteiger partial charge in [0, 0.05) is 31.9 Å². The fourth-order valence-corrected chi connectivity index (χ4v) is 3.80. The first-order valence-corrected chi connectivity index (χ1v) is 8.79. The van der Waals surface area contributed by atoms with Crippen LogP contribution in [0.3, 0.4) is 0 Å². The molecule has 1 N–H and O–H groups in total. The molecule has 1 aromatic heterocycles. The Balaban J connectivity index is 1.52. The summed E-state index contributed by atoms with van der Waals surface area (Å²) in [5.41, 5.74) is 0. The summed E-state index contributed by atoms with van der Waals surface area (Å²) in [4.78, 5) is 21.5. The van der Waals surface area contributed by atoms with Crippen LogP contribution in [0.15, 0.2) is 12.4 Å². The number of carbonyl (C=O) groups is 1. The summed E-state index contributed by atoms with van der Waals surface area (Å²) in [5.74, 6) is 1.46. The van der Waals surface area contributed by atoms with Crippen molar-refractivity contribution >= 4 is 5.91 Å². The zero-order valence-electron chi connectivity index (χ0n) is 14.0. The van der Waals surface area contributed by atoms with E-state index in [2.05, 4.69) is 14.5 Å². The van der Waals surface area contributed by atoms with E-state index in [4.69, 9.17) is 0 Å². The molecule has 3 rings (SSSR count). The van der Waals surface area contributed by atoms with Crippen LogP contribution in [0.2, 0.25) is 0 Å². The Morgan fingerprint density at radius 1 is 1.26 bits per heavy atom. The number of likely N-dealkylation sites (tertiary alicyclic amines) is 2. The highest BCUT2D eigenvalue weighted by Crippen LogP contribution is 2.25. The van der Waals surface area contributed by atoms with Gasteiger partial charge in [-0.2, -0.15) is 0 Å². The number of aryl methyl sites for hydroxylation is 1. The summed E-state index contributed by atoms with van der Waals surface area (Å²) >= 11 is 0. The van der Waals surface area contributed by atoms with Crippen molar-refractivity contribution in [2.24, 2.45) is 13.0 Å².